The van der Waals surface area contributed by atoms with Crippen LogP contribution in [0.1, 0.15) is 53.4 Å². The summed E-state index contributed by atoms with van der Waals surface area (Å²) in [5.74, 6) is 0. The highest BCUT2D eigenvalue weighted by molar-refractivity contribution is 4.93. The van der Waals surface area contributed by atoms with Gasteiger partial charge in [0.05, 0.1) is 23.4 Å². The van der Waals surface area contributed by atoms with Gasteiger partial charge in [-0.05, 0) is 40.5 Å². The van der Waals surface area contributed by atoms with Gasteiger partial charge in [0, 0.05) is 40.3 Å². The van der Waals surface area contributed by atoms with E-state index in [-0.39, 0.29) is 12.2 Å². The molecule has 0 aromatic carbocycles. The van der Waals surface area contributed by atoms with E-state index in [1.807, 2.05) is 27.7 Å². The first-order chi connectivity index (χ1) is 13.1. The van der Waals surface area contributed by atoms with Crippen LogP contribution in [-0.2, 0) is 28.4 Å². The van der Waals surface area contributed by atoms with Crippen molar-refractivity contribution in [1.82, 2.24) is 0 Å². The Kier molecular flexibility index (Phi) is 8.66. The Bertz CT molecular complexity index is 435. The van der Waals surface area contributed by atoms with Crippen LogP contribution in [-0.4, -0.2) is 85.8 Å². The largest absolute Gasteiger partial charge is 0.387 e. The number of ether oxygens (including phenoxy) is 6. The first-order valence-electron chi connectivity index (χ1n) is 10.2. The number of hydrogen-bond donors (Lipinski definition) is 2. The lowest BCUT2D eigenvalue weighted by Crippen LogP contribution is -2.56. The first kappa shape index (κ1) is 24.0. The molecule has 2 N–H and O–H groups in total. The molecule has 0 saturated carbocycles. The van der Waals surface area contributed by atoms with Gasteiger partial charge in [-0.1, -0.05) is 0 Å². The number of methoxy groups -OCH3 is 2. The highest BCUT2D eigenvalue weighted by atomic mass is 16.7. The normalized spacial score (nSPS) is 44.6. The molecule has 0 unspecified atom stereocenters. The van der Waals surface area contributed by atoms with Gasteiger partial charge in [-0.3, -0.25) is 0 Å². The summed E-state index contributed by atoms with van der Waals surface area (Å²) in [6.45, 7) is 8.45. The van der Waals surface area contributed by atoms with E-state index < -0.39 is 36.0 Å². The topological polar surface area (TPSA) is 95.8 Å². The van der Waals surface area contributed by atoms with E-state index in [9.17, 15) is 10.2 Å². The van der Waals surface area contributed by atoms with Gasteiger partial charge in [-0.2, -0.15) is 0 Å². The minimum absolute atomic E-state index is 0.345. The highest BCUT2D eigenvalue weighted by Gasteiger charge is 2.46. The van der Waals surface area contributed by atoms with E-state index >= 15 is 0 Å². The lowest BCUT2D eigenvalue weighted by Gasteiger charge is -2.44. The maximum Gasteiger partial charge on any atom is 0.160 e. The minimum atomic E-state index is -0.681. The fourth-order valence-electron chi connectivity index (χ4n) is 3.86. The van der Waals surface area contributed by atoms with Gasteiger partial charge in [-0.15, -0.1) is 0 Å². The van der Waals surface area contributed by atoms with E-state index in [1.165, 1.54) is 0 Å². The van der Waals surface area contributed by atoms with Gasteiger partial charge < -0.3 is 38.6 Å². The molecule has 8 atom stereocenters. The quantitative estimate of drug-likeness (QED) is 0.558. The molecule has 0 spiro atoms. The van der Waals surface area contributed by atoms with Crippen molar-refractivity contribution in [1.29, 1.82) is 0 Å². The van der Waals surface area contributed by atoms with E-state index in [0.29, 0.717) is 26.1 Å². The Labute approximate surface area is 168 Å². The van der Waals surface area contributed by atoms with Crippen molar-refractivity contribution in [2.24, 2.45) is 0 Å². The van der Waals surface area contributed by atoms with Crippen molar-refractivity contribution in [3.05, 3.63) is 0 Å². The average molecular weight is 407 g/mol. The smallest absolute Gasteiger partial charge is 0.160 e. The summed E-state index contributed by atoms with van der Waals surface area (Å²) in [5.41, 5.74) is -1.34. The number of aliphatic hydroxyl groups excluding tert-OH is 2. The predicted octanol–water partition coefficient (Wildman–Crippen LogP) is 1.60. The zero-order valence-corrected chi connectivity index (χ0v) is 18.1. The fourth-order valence-corrected chi connectivity index (χ4v) is 3.86. The number of rotatable bonds is 9. The van der Waals surface area contributed by atoms with Crippen molar-refractivity contribution in [2.75, 3.05) is 27.4 Å². The maximum absolute atomic E-state index is 10.2. The summed E-state index contributed by atoms with van der Waals surface area (Å²) in [6.07, 6.45) is -0.244. The zero-order valence-electron chi connectivity index (χ0n) is 18.1. The molecular formula is C20H38O8. The molecular weight excluding hydrogens is 368 g/mol. The molecule has 2 saturated heterocycles. The van der Waals surface area contributed by atoms with Crippen LogP contribution in [0.25, 0.3) is 0 Å². The third kappa shape index (κ3) is 5.64. The molecule has 0 radical (unpaired) electrons. The summed E-state index contributed by atoms with van der Waals surface area (Å²) < 4.78 is 34.0. The number of unbranched alkanes of at least 4 members (excludes halogenated alkanes) is 1. The van der Waals surface area contributed by atoms with Crippen LogP contribution in [0.2, 0.25) is 0 Å². The summed E-state index contributed by atoms with van der Waals surface area (Å²) >= 11 is 0. The lowest BCUT2D eigenvalue weighted by atomic mass is 9.88. The van der Waals surface area contributed by atoms with Gasteiger partial charge in [0.25, 0.3) is 0 Å². The zero-order chi connectivity index (χ0) is 20.9. The van der Waals surface area contributed by atoms with Crippen LogP contribution >= 0.6 is 0 Å². The molecule has 2 heterocycles. The second-order valence-electron chi connectivity index (χ2n) is 8.32. The van der Waals surface area contributed by atoms with Gasteiger partial charge in [0.2, 0.25) is 0 Å². The Morgan fingerprint density at radius 2 is 1.14 bits per heavy atom. The molecule has 0 aromatic heterocycles. The SMILES string of the molecule is CO[C@]1(C)C[C@@H](OCCCCO[C@@H]2C[C@@](C)(OC)[C@@H](O)[C@H](C)O2)O[C@@H](C)[C@@H]1O. The number of aliphatic hydroxyl groups is 2. The molecule has 166 valence electrons. The summed E-state index contributed by atoms with van der Waals surface area (Å²) in [4.78, 5) is 0. The van der Waals surface area contributed by atoms with Crippen molar-refractivity contribution >= 4 is 0 Å². The molecule has 8 heteroatoms. The van der Waals surface area contributed by atoms with Crippen molar-refractivity contribution in [3.63, 3.8) is 0 Å². The highest BCUT2D eigenvalue weighted by Crippen LogP contribution is 2.33. The molecule has 2 rings (SSSR count). The Hall–Kier alpha value is -0.320. The Morgan fingerprint density at radius 3 is 1.46 bits per heavy atom. The fraction of sp³-hybridized carbons (Fsp3) is 1.00. The first-order valence-corrected chi connectivity index (χ1v) is 10.2. The Balaban J connectivity index is 1.65. The molecule has 2 aliphatic rings. The standard InChI is InChI=1S/C20H38O8/c1-13-17(21)19(3,23-5)11-15(27-13)25-9-7-8-10-26-16-12-20(4,24-6)18(22)14(2)28-16/h13-18,21-22H,7-12H2,1-6H3/t13-,14-,15-,16-,17-,18-,19+,20+/m0/s1. The van der Waals surface area contributed by atoms with Gasteiger partial charge in [0.15, 0.2) is 12.6 Å². The van der Waals surface area contributed by atoms with Crippen molar-refractivity contribution in [2.45, 2.75) is 102 Å². The van der Waals surface area contributed by atoms with Gasteiger partial charge in [-0.25, -0.2) is 0 Å². The third-order valence-corrected chi connectivity index (χ3v) is 6.10. The number of hydrogen-bond acceptors (Lipinski definition) is 8. The average Bonchev–Trinajstić information content (AvgIpc) is 2.66. The molecule has 0 aromatic rings. The molecule has 0 aliphatic carbocycles. The van der Waals surface area contributed by atoms with Crippen LogP contribution in [0.5, 0.6) is 0 Å². The summed E-state index contributed by atoms with van der Waals surface area (Å²) in [5, 5.41) is 20.4. The van der Waals surface area contributed by atoms with Gasteiger partial charge >= 0.3 is 0 Å². The molecule has 2 fully saturated rings. The van der Waals surface area contributed by atoms with E-state index in [1.54, 1.807) is 14.2 Å². The van der Waals surface area contributed by atoms with Crippen LogP contribution in [0.15, 0.2) is 0 Å². The van der Waals surface area contributed by atoms with Crippen LogP contribution in [0, 0.1) is 0 Å². The van der Waals surface area contributed by atoms with E-state index in [0.717, 1.165) is 12.8 Å². The molecule has 8 nitrogen and oxygen atoms in total. The van der Waals surface area contributed by atoms with Gasteiger partial charge in [0.1, 0.15) is 12.2 Å². The molecule has 0 amide bonds. The second-order valence-corrected chi connectivity index (χ2v) is 8.32. The maximum atomic E-state index is 10.2. The minimum Gasteiger partial charge on any atom is -0.387 e. The van der Waals surface area contributed by atoms with Crippen LogP contribution in [0.4, 0.5) is 0 Å². The van der Waals surface area contributed by atoms with Crippen molar-refractivity contribution in [3.8, 4) is 0 Å². The molecule has 28 heavy (non-hydrogen) atoms. The Morgan fingerprint density at radius 1 is 0.786 bits per heavy atom. The summed E-state index contributed by atoms with van der Waals surface area (Å²) in [7, 11) is 3.19. The van der Waals surface area contributed by atoms with Crippen molar-refractivity contribution < 1.29 is 38.6 Å². The van der Waals surface area contributed by atoms with Crippen LogP contribution < -0.4 is 0 Å². The van der Waals surface area contributed by atoms with Crippen LogP contribution in [0.3, 0.4) is 0 Å². The summed E-state index contributed by atoms with van der Waals surface area (Å²) in [6, 6.07) is 0. The lowest BCUT2D eigenvalue weighted by molar-refractivity contribution is -0.280. The predicted molar refractivity (Wildman–Crippen MR) is 102 cm³/mol. The van der Waals surface area contributed by atoms with E-state index in [2.05, 4.69) is 0 Å². The third-order valence-electron chi connectivity index (χ3n) is 6.10. The molecule has 0 bridgehead atoms. The van der Waals surface area contributed by atoms with E-state index in [4.69, 9.17) is 28.4 Å². The molecule has 2 aliphatic heterocycles. The monoisotopic (exact) mass is 406 g/mol. The second kappa shape index (κ2) is 10.1.